The van der Waals surface area contributed by atoms with Crippen molar-refractivity contribution >= 4 is 27.3 Å². The summed E-state index contributed by atoms with van der Waals surface area (Å²) in [5.74, 6) is -2.44. The van der Waals surface area contributed by atoms with Gasteiger partial charge in [0.05, 0.1) is 10.5 Å². The van der Waals surface area contributed by atoms with Gasteiger partial charge >= 0.3 is 5.97 Å². The van der Waals surface area contributed by atoms with E-state index in [2.05, 4.69) is 4.72 Å². The molecular weight excluding hydrogens is 317 g/mol. The van der Waals surface area contributed by atoms with Crippen molar-refractivity contribution in [2.75, 3.05) is 0 Å². The SMILES string of the molecule is Cc1cc(S(=O)(=O)NCc2ccsc2)cc(C(=O)O)c1F. The van der Waals surface area contributed by atoms with Crippen LogP contribution >= 0.6 is 11.3 Å². The van der Waals surface area contributed by atoms with Gasteiger partial charge in [-0.3, -0.25) is 0 Å². The van der Waals surface area contributed by atoms with E-state index in [4.69, 9.17) is 5.11 Å². The molecule has 8 heteroatoms. The van der Waals surface area contributed by atoms with Crippen LogP contribution in [0.25, 0.3) is 0 Å². The second kappa shape index (κ2) is 5.92. The van der Waals surface area contributed by atoms with Gasteiger partial charge in [-0.1, -0.05) is 0 Å². The van der Waals surface area contributed by atoms with Gasteiger partial charge in [0.25, 0.3) is 0 Å². The van der Waals surface area contributed by atoms with Crippen LogP contribution in [0.3, 0.4) is 0 Å². The molecule has 1 heterocycles. The topological polar surface area (TPSA) is 83.5 Å². The molecule has 0 spiro atoms. The fourth-order valence-corrected chi connectivity index (χ4v) is 3.50. The Hall–Kier alpha value is -1.77. The maximum absolute atomic E-state index is 13.6. The number of carboxylic acids is 1. The molecule has 2 N–H and O–H groups in total. The molecular formula is C13H12FNO4S2. The Morgan fingerprint density at radius 3 is 2.71 bits per heavy atom. The van der Waals surface area contributed by atoms with Gasteiger partial charge in [-0.2, -0.15) is 11.3 Å². The van der Waals surface area contributed by atoms with Crippen molar-refractivity contribution < 1.29 is 22.7 Å². The first-order valence-electron chi connectivity index (χ1n) is 5.85. The number of benzene rings is 1. The third kappa shape index (κ3) is 3.46. The van der Waals surface area contributed by atoms with Crippen LogP contribution in [0.1, 0.15) is 21.5 Å². The highest BCUT2D eigenvalue weighted by Crippen LogP contribution is 2.19. The molecule has 0 radical (unpaired) electrons. The van der Waals surface area contributed by atoms with Gasteiger partial charge < -0.3 is 5.11 Å². The minimum absolute atomic E-state index is 0.0363. The van der Waals surface area contributed by atoms with E-state index in [1.54, 1.807) is 11.4 Å². The quantitative estimate of drug-likeness (QED) is 0.882. The molecule has 0 saturated heterocycles. The number of carboxylic acid groups (broad SMARTS) is 1. The lowest BCUT2D eigenvalue weighted by atomic mass is 10.1. The van der Waals surface area contributed by atoms with Gasteiger partial charge in [0.1, 0.15) is 5.82 Å². The average Bonchev–Trinajstić information content (AvgIpc) is 2.92. The van der Waals surface area contributed by atoms with Crippen LogP contribution in [0, 0.1) is 12.7 Å². The number of aryl methyl sites for hydroxylation is 1. The zero-order valence-electron chi connectivity index (χ0n) is 11.0. The smallest absolute Gasteiger partial charge is 0.338 e. The van der Waals surface area contributed by atoms with Crippen molar-refractivity contribution in [2.45, 2.75) is 18.4 Å². The van der Waals surface area contributed by atoms with Gasteiger partial charge in [0.15, 0.2) is 0 Å². The standard InChI is InChI=1S/C13H12FNO4S2/c1-8-4-10(5-11(12(8)14)13(16)17)21(18,19)15-6-9-2-3-20-7-9/h2-5,7,15H,6H2,1H3,(H,16,17). The number of hydrogen-bond donors (Lipinski definition) is 2. The van der Waals surface area contributed by atoms with Crippen molar-refractivity contribution in [3.05, 3.63) is 51.5 Å². The first-order valence-corrected chi connectivity index (χ1v) is 8.28. The van der Waals surface area contributed by atoms with Crippen LogP contribution in [0.2, 0.25) is 0 Å². The minimum atomic E-state index is -3.91. The number of hydrogen-bond acceptors (Lipinski definition) is 4. The van der Waals surface area contributed by atoms with Crippen molar-refractivity contribution in [3.8, 4) is 0 Å². The van der Waals surface area contributed by atoms with Crippen LogP contribution in [-0.4, -0.2) is 19.5 Å². The van der Waals surface area contributed by atoms with Crippen molar-refractivity contribution in [3.63, 3.8) is 0 Å². The molecule has 0 bridgehead atoms. The van der Waals surface area contributed by atoms with Crippen LogP contribution < -0.4 is 4.72 Å². The number of aromatic carboxylic acids is 1. The molecule has 0 saturated carbocycles. The third-order valence-electron chi connectivity index (χ3n) is 2.82. The van der Waals surface area contributed by atoms with Crippen molar-refractivity contribution in [1.29, 1.82) is 0 Å². The summed E-state index contributed by atoms with van der Waals surface area (Å²) < 4.78 is 40.3. The monoisotopic (exact) mass is 329 g/mol. The number of thiophene rings is 1. The molecule has 0 aliphatic heterocycles. The lowest BCUT2D eigenvalue weighted by Crippen LogP contribution is -2.23. The molecule has 0 fully saturated rings. The first kappa shape index (κ1) is 15.6. The third-order valence-corrected chi connectivity index (χ3v) is 4.93. The Balaban J connectivity index is 2.33. The molecule has 0 amide bonds. The highest BCUT2D eigenvalue weighted by atomic mass is 32.2. The highest BCUT2D eigenvalue weighted by molar-refractivity contribution is 7.89. The van der Waals surface area contributed by atoms with Gasteiger partial charge in [-0.15, -0.1) is 0 Å². The number of carbonyl (C=O) groups is 1. The number of nitrogens with one attached hydrogen (secondary N) is 1. The predicted octanol–water partition coefficient (Wildman–Crippen LogP) is 2.37. The molecule has 0 aliphatic carbocycles. The molecule has 5 nitrogen and oxygen atoms in total. The minimum Gasteiger partial charge on any atom is -0.478 e. The molecule has 1 aromatic carbocycles. The van der Waals surface area contributed by atoms with Crippen molar-refractivity contribution in [1.82, 2.24) is 4.72 Å². The molecule has 21 heavy (non-hydrogen) atoms. The fraction of sp³-hybridized carbons (Fsp3) is 0.154. The number of rotatable bonds is 5. The van der Waals surface area contributed by atoms with Crippen molar-refractivity contribution in [2.24, 2.45) is 0 Å². The lowest BCUT2D eigenvalue weighted by Gasteiger charge is -2.09. The van der Waals surface area contributed by atoms with Gasteiger partial charge in [0, 0.05) is 6.54 Å². The van der Waals surface area contributed by atoms with E-state index in [9.17, 15) is 17.6 Å². The normalized spacial score (nSPS) is 11.5. The van der Waals surface area contributed by atoms with E-state index in [1.165, 1.54) is 18.3 Å². The zero-order valence-corrected chi connectivity index (χ0v) is 12.6. The average molecular weight is 329 g/mol. The molecule has 2 aromatic rings. The summed E-state index contributed by atoms with van der Waals surface area (Å²) >= 11 is 1.43. The molecule has 1 aromatic heterocycles. The summed E-state index contributed by atoms with van der Waals surface area (Å²) in [4.78, 5) is 10.7. The number of halogens is 1. The molecule has 0 unspecified atom stereocenters. The van der Waals surface area contributed by atoms with Crippen LogP contribution in [0.4, 0.5) is 4.39 Å². The zero-order chi connectivity index (χ0) is 15.6. The first-order chi connectivity index (χ1) is 9.81. The van der Waals surface area contributed by atoms with Crippen LogP contribution in [0.5, 0.6) is 0 Å². The maximum Gasteiger partial charge on any atom is 0.338 e. The van der Waals surface area contributed by atoms with E-state index < -0.39 is 27.4 Å². The Labute approximate surface area is 125 Å². The highest BCUT2D eigenvalue weighted by Gasteiger charge is 2.21. The fourth-order valence-electron chi connectivity index (χ4n) is 1.70. The Morgan fingerprint density at radius 2 is 2.14 bits per heavy atom. The number of sulfonamides is 1. The van der Waals surface area contributed by atoms with E-state index in [0.717, 1.165) is 17.7 Å². The maximum atomic E-state index is 13.6. The second-order valence-electron chi connectivity index (χ2n) is 4.36. The van der Waals surface area contributed by atoms with Crippen LogP contribution in [-0.2, 0) is 16.6 Å². The Kier molecular flexibility index (Phi) is 4.40. The summed E-state index contributed by atoms with van der Waals surface area (Å²) in [5, 5.41) is 12.5. The van der Waals surface area contributed by atoms with E-state index in [1.807, 2.05) is 5.38 Å². The van der Waals surface area contributed by atoms with Crippen LogP contribution in [0.15, 0.2) is 33.9 Å². The molecule has 0 aliphatic rings. The summed E-state index contributed by atoms with van der Waals surface area (Å²) in [6, 6.07) is 3.70. The van der Waals surface area contributed by atoms with E-state index in [-0.39, 0.29) is 17.0 Å². The summed E-state index contributed by atoms with van der Waals surface area (Å²) in [7, 11) is -3.91. The Bertz CT molecular complexity index is 770. The lowest BCUT2D eigenvalue weighted by molar-refractivity contribution is 0.0691. The van der Waals surface area contributed by atoms with Gasteiger partial charge in [-0.25, -0.2) is 22.3 Å². The molecule has 2 rings (SSSR count). The molecule has 112 valence electrons. The molecule has 0 atom stereocenters. The summed E-state index contributed by atoms with van der Waals surface area (Å²) in [6.07, 6.45) is 0. The summed E-state index contributed by atoms with van der Waals surface area (Å²) in [6.45, 7) is 1.41. The van der Waals surface area contributed by atoms with Gasteiger partial charge in [0.2, 0.25) is 10.0 Å². The van der Waals surface area contributed by atoms with Gasteiger partial charge in [-0.05, 0) is 47.0 Å². The largest absolute Gasteiger partial charge is 0.478 e. The van der Waals surface area contributed by atoms with E-state index >= 15 is 0 Å². The predicted molar refractivity (Wildman–Crippen MR) is 76.4 cm³/mol. The Morgan fingerprint density at radius 1 is 1.43 bits per heavy atom. The second-order valence-corrected chi connectivity index (χ2v) is 6.91. The van der Waals surface area contributed by atoms with E-state index in [0.29, 0.717) is 0 Å². The summed E-state index contributed by atoms with van der Waals surface area (Å²) in [5.41, 5.74) is 0.0950.